The molecule has 0 saturated heterocycles. The van der Waals surface area contributed by atoms with Crippen molar-refractivity contribution < 1.29 is 4.79 Å². The molecule has 0 spiro atoms. The molecule has 1 atom stereocenters. The van der Waals surface area contributed by atoms with E-state index < -0.39 is 0 Å². The number of hydrogen-bond acceptors (Lipinski definition) is 4. The highest BCUT2D eigenvalue weighted by Crippen LogP contribution is 2.30. The Hall–Kier alpha value is -2.47. The molecule has 25 heavy (non-hydrogen) atoms. The quantitative estimate of drug-likeness (QED) is 0.726. The molecule has 1 aliphatic rings. The number of aryl methyl sites for hydroxylation is 2. The number of fused-ring (bicyclic) bond motifs is 2. The minimum atomic E-state index is -0.132. The predicted octanol–water partition coefficient (Wildman–Crippen LogP) is 3.38. The van der Waals surface area contributed by atoms with E-state index in [0.717, 1.165) is 28.9 Å². The number of aromatic amines is 1. The zero-order valence-electron chi connectivity index (χ0n) is 14.3. The van der Waals surface area contributed by atoms with Crippen LogP contribution in [0.1, 0.15) is 46.1 Å². The van der Waals surface area contributed by atoms with E-state index in [4.69, 9.17) is 11.6 Å². The molecule has 0 saturated carbocycles. The van der Waals surface area contributed by atoms with Crippen molar-refractivity contribution in [3.05, 3.63) is 51.7 Å². The summed E-state index contributed by atoms with van der Waals surface area (Å²) in [5.74, 6) is 0.162. The molecule has 0 fully saturated rings. The zero-order valence-corrected chi connectivity index (χ0v) is 15.1. The van der Waals surface area contributed by atoms with Crippen molar-refractivity contribution in [2.75, 3.05) is 6.54 Å². The topological polar surface area (TPSA) is 74.8 Å². The van der Waals surface area contributed by atoms with Gasteiger partial charge in [-0.05, 0) is 38.0 Å². The van der Waals surface area contributed by atoms with Crippen molar-refractivity contribution in [2.45, 2.75) is 33.2 Å². The van der Waals surface area contributed by atoms with E-state index in [9.17, 15) is 4.79 Å². The summed E-state index contributed by atoms with van der Waals surface area (Å²) in [5.41, 5.74) is 5.23. The molecule has 0 aromatic carbocycles. The predicted molar refractivity (Wildman–Crippen MR) is 95.8 cm³/mol. The van der Waals surface area contributed by atoms with Gasteiger partial charge in [0.05, 0.1) is 16.6 Å². The fourth-order valence-electron chi connectivity index (χ4n) is 3.36. The second-order valence-corrected chi connectivity index (χ2v) is 6.84. The van der Waals surface area contributed by atoms with Crippen LogP contribution in [0, 0.1) is 13.8 Å². The van der Waals surface area contributed by atoms with Crippen LogP contribution < -0.4 is 0 Å². The number of nitrogens with one attached hydrogen (secondary N) is 1. The Kier molecular flexibility index (Phi) is 3.72. The lowest BCUT2D eigenvalue weighted by Crippen LogP contribution is -2.39. The minimum Gasteiger partial charge on any atom is -0.332 e. The van der Waals surface area contributed by atoms with Gasteiger partial charge in [0.15, 0.2) is 11.5 Å². The van der Waals surface area contributed by atoms with Gasteiger partial charge in [-0.15, -0.1) is 0 Å². The van der Waals surface area contributed by atoms with Gasteiger partial charge in [0.25, 0.3) is 5.91 Å². The molecule has 0 bridgehead atoms. The lowest BCUT2D eigenvalue weighted by atomic mass is 9.97. The molecule has 4 heterocycles. The summed E-state index contributed by atoms with van der Waals surface area (Å²) in [5, 5.41) is 0.553. The van der Waals surface area contributed by atoms with Gasteiger partial charge in [-0.3, -0.25) is 9.78 Å². The molecule has 6 nitrogen and oxygen atoms in total. The second kappa shape index (κ2) is 5.81. The van der Waals surface area contributed by atoms with Crippen molar-refractivity contribution in [3.63, 3.8) is 0 Å². The maximum atomic E-state index is 13.0. The number of pyridine rings is 2. The summed E-state index contributed by atoms with van der Waals surface area (Å²) in [4.78, 5) is 31.1. The van der Waals surface area contributed by atoms with Crippen molar-refractivity contribution in [1.82, 2.24) is 24.8 Å². The van der Waals surface area contributed by atoms with Gasteiger partial charge in [-0.1, -0.05) is 17.7 Å². The molecule has 7 heteroatoms. The third-order valence-corrected chi connectivity index (χ3v) is 5.22. The Morgan fingerprint density at radius 2 is 2.12 bits per heavy atom. The van der Waals surface area contributed by atoms with Crippen molar-refractivity contribution in [1.29, 1.82) is 0 Å². The number of aromatic nitrogens is 4. The Labute approximate surface area is 150 Å². The van der Waals surface area contributed by atoms with Gasteiger partial charge < -0.3 is 9.88 Å². The van der Waals surface area contributed by atoms with Crippen LogP contribution in [0.3, 0.4) is 0 Å². The monoisotopic (exact) mass is 355 g/mol. The maximum Gasteiger partial charge on any atom is 0.290 e. The summed E-state index contributed by atoms with van der Waals surface area (Å²) in [6.07, 6.45) is 2.30. The Balaban J connectivity index is 1.70. The van der Waals surface area contributed by atoms with Gasteiger partial charge >= 0.3 is 0 Å². The van der Waals surface area contributed by atoms with E-state index in [-0.39, 0.29) is 11.9 Å². The molecule has 3 aromatic rings. The number of carbonyl (C=O) groups excluding carboxylic acids is 1. The van der Waals surface area contributed by atoms with E-state index in [2.05, 4.69) is 26.0 Å². The van der Waals surface area contributed by atoms with Crippen LogP contribution >= 0.6 is 11.6 Å². The molecule has 1 aliphatic heterocycles. The summed E-state index contributed by atoms with van der Waals surface area (Å²) in [6.45, 7) is 6.51. The molecular weight excluding hydrogens is 338 g/mol. The van der Waals surface area contributed by atoms with Gasteiger partial charge in [0, 0.05) is 30.6 Å². The number of H-pyrrole nitrogens is 1. The van der Waals surface area contributed by atoms with E-state index in [1.54, 1.807) is 6.20 Å². The molecule has 1 N–H and O–H groups in total. The fraction of sp³-hybridized carbons (Fsp3) is 0.333. The first-order chi connectivity index (χ1) is 12.0. The van der Waals surface area contributed by atoms with Crippen LogP contribution in [0.4, 0.5) is 0 Å². The number of hydrogen-bond donors (Lipinski definition) is 1. The average Bonchev–Trinajstić information content (AvgIpc) is 3.03. The van der Waals surface area contributed by atoms with Crippen molar-refractivity contribution >= 4 is 28.7 Å². The molecule has 1 unspecified atom stereocenters. The standard InChI is InChI=1S/C18H18ClN5O/c1-9-4-5-12-11(3)24(7-6-14(12)21-9)18(25)17-22-15-10(2)13(19)8-20-16(15)23-17/h4-5,8,11H,6-7H2,1-3H3,(H,20,22,23). The van der Waals surface area contributed by atoms with E-state index in [1.807, 2.05) is 31.7 Å². The lowest BCUT2D eigenvalue weighted by molar-refractivity contribution is 0.0665. The van der Waals surface area contributed by atoms with Crippen LogP contribution in [0.2, 0.25) is 5.02 Å². The summed E-state index contributed by atoms with van der Waals surface area (Å²) >= 11 is 6.10. The first-order valence-electron chi connectivity index (χ1n) is 8.24. The van der Waals surface area contributed by atoms with Crippen LogP contribution in [0.25, 0.3) is 11.2 Å². The number of halogens is 1. The number of amides is 1. The number of rotatable bonds is 1. The number of imidazole rings is 1. The van der Waals surface area contributed by atoms with Gasteiger partial charge in [0.2, 0.25) is 0 Å². The Morgan fingerprint density at radius 1 is 1.32 bits per heavy atom. The van der Waals surface area contributed by atoms with E-state index in [1.165, 1.54) is 0 Å². The third-order valence-electron chi connectivity index (χ3n) is 4.84. The summed E-state index contributed by atoms with van der Waals surface area (Å²) in [7, 11) is 0. The Bertz CT molecular complexity index is 997. The van der Waals surface area contributed by atoms with Crippen LogP contribution in [-0.2, 0) is 6.42 Å². The van der Waals surface area contributed by atoms with Gasteiger partial charge in [-0.2, -0.15) is 0 Å². The van der Waals surface area contributed by atoms with Crippen molar-refractivity contribution in [2.24, 2.45) is 0 Å². The number of carbonyl (C=O) groups is 1. The number of nitrogens with zero attached hydrogens (tertiary/aromatic N) is 4. The van der Waals surface area contributed by atoms with Crippen LogP contribution in [0.15, 0.2) is 18.3 Å². The molecule has 0 aliphatic carbocycles. The second-order valence-electron chi connectivity index (χ2n) is 6.43. The molecule has 0 radical (unpaired) electrons. The smallest absolute Gasteiger partial charge is 0.290 e. The summed E-state index contributed by atoms with van der Waals surface area (Å²) in [6, 6.07) is 4.00. The average molecular weight is 356 g/mol. The van der Waals surface area contributed by atoms with Crippen molar-refractivity contribution in [3.8, 4) is 0 Å². The van der Waals surface area contributed by atoms with Crippen LogP contribution in [0.5, 0.6) is 0 Å². The van der Waals surface area contributed by atoms with Crippen LogP contribution in [-0.4, -0.2) is 37.3 Å². The minimum absolute atomic E-state index is 0.0461. The fourth-order valence-corrected chi connectivity index (χ4v) is 3.50. The van der Waals surface area contributed by atoms with Gasteiger partial charge in [0.1, 0.15) is 0 Å². The molecular formula is C18H18ClN5O. The largest absolute Gasteiger partial charge is 0.332 e. The van der Waals surface area contributed by atoms with Gasteiger partial charge in [-0.25, -0.2) is 9.97 Å². The highest BCUT2D eigenvalue weighted by molar-refractivity contribution is 6.31. The lowest BCUT2D eigenvalue weighted by Gasteiger charge is -2.34. The normalized spacial score (nSPS) is 17.0. The first-order valence-corrected chi connectivity index (χ1v) is 8.61. The van der Waals surface area contributed by atoms with E-state index in [0.29, 0.717) is 28.6 Å². The SMILES string of the molecule is Cc1ccc2c(n1)CCN(C(=O)c1nc3ncc(Cl)c(C)c3[nH]1)C2C. The zero-order chi connectivity index (χ0) is 17.7. The highest BCUT2D eigenvalue weighted by atomic mass is 35.5. The first kappa shape index (κ1) is 16.0. The molecule has 4 rings (SSSR count). The molecule has 1 amide bonds. The molecule has 3 aromatic heterocycles. The Morgan fingerprint density at radius 3 is 2.92 bits per heavy atom. The molecule has 128 valence electrons. The summed E-state index contributed by atoms with van der Waals surface area (Å²) < 4.78 is 0. The maximum absolute atomic E-state index is 13.0. The third kappa shape index (κ3) is 2.57. The highest BCUT2D eigenvalue weighted by Gasteiger charge is 2.30. The van der Waals surface area contributed by atoms with E-state index >= 15 is 0 Å².